The number of nitriles is 1. The van der Waals surface area contributed by atoms with Crippen molar-refractivity contribution in [2.75, 3.05) is 13.2 Å². The molecule has 5 nitrogen and oxygen atoms in total. The highest BCUT2D eigenvalue weighted by Crippen LogP contribution is 2.30. The smallest absolute Gasteiger partial charge is 0.244 e. The van der Waals surface area contributed by atoms with Crippen molar-refractivity contribution in [2.24, 2.45) is 5.92 Å². The van der Waals surface area contributed by atoms with Gasteiger partial charge in [-0.1, -0.05) is 12.1 Å². The van der Waals surface area contributed by atoms with Crippen molar-refractivity contribution in [2.45, 2.75) is 37.6 Å². The average molecular weight is 308 g/mol. The Morgan fingerprint density at radius 3 is 2.76 bits per heavy atom. The third kappa shape index (κ3) is 2.95. The highest BCUT2D eigenvalue weighted by atomic mass is 32.2. The van der Waals surface area contributed by atoms with Gasteiger partial charge in [0.2, 0.25) is 10.0 Å². The van der Waals surface area contributed by atoms with E-state index in [0.29, 0.717) is 12.1 Å². The van der Waals surface area contributed by atoms with Gasteiger partial charge in [0.05, 0.1) is 5.56 Å². The highest BCUT2D eigenvalue weighted by Gasteiger charge is 2.36. The Balaban J connectivity index is 2.47. The van der Waals surface area contributed by atoms with Gasteiger partial charge >= 0.3 is 0 Å². The third-order valence-electron chi connectivity index (χ3n) is 4.11. The molecular formula is C15H20N2O3S. The lowest BCUT2D eigenvalue weighted by Gasteiger charge is -2.36. The molecule has 0 bridgehead atoms. The van der Waals surface area contributed by atoms with Gasteiger partial charge in [0.25, 0.3) is 0 Å². The molecular weight excluding hydrogens is 288 g/mol. The summed E-state index contributed by atoms with van der Waals surface area (Å²) in [4.78, 5) is 0.0652. The molecule has 0 aromatic heterocycles. The first-order chi connectivity index (χ1) is 9.91. The van der Waals surface area contributed by atoms with E-state index in [9.17, 15) is 18.8 Å². The number of piperidine rings is 1. The van der Waals surface area contributed by atoms with E-state index in [0.717, 1.165) is 12.8 Å². The second-order valence-electron chi connectivity index (χ2n) is 5.61. The van der Waals surface area contributed by atoms with Crippen LogP contribution in [0.15, 0.2) is 23.1 Å². The summed E-state index contributed by atoms with van der Waals surface area (Å²) in [5.74, 6) is -0.0358. The van der Waals surface area contributed by atoms with E-state index in [-0.39, 0.29) is 29.0 Å². The number of sulfonamides is 1. The fourth-order valence-corrected chi connectivity index (χ4v) is 4.71. The summed E-state index contributed by atoms with van der Waals surface area (Å²) in [5.41, 5.74) is 0.859. The van der Waals surface area contributed by atoms with Gasteiger partial charge in [-0.3, -0.25) is 0 Å². The number of aryl methyl sites for hydroxylation is 1. The van der Waals surface area contributed by atoms with E-state index in [2.05, 4.69) is 0 Å². The molecule has 1 N–H and O–H groups in total. The van der Waals surface area contributed by atoms with E-state index in [1.54, 1.807) is 19.1 Å². The van der Waals surface area contributed by atoms with Crippen LogP contribution in [0.25, 0.3) is 0 Å². The summed E-state index contributed by atoms with van der Waals surface area (Å²) in [5, 5.41) is 18.6. The Kier molecular flexibility index (Phi) is 4.67. The van der Waals surface area contributed by atoms with Gasteiger partial charge < -0.3 is 5.11 Å². The fraction of sp³-hybridized carbons (Fsp3) is 0.533. The van der Waals surface area contributed by atoms with Crippen LogP contribution in [-0.4, -0.2) is 37.0 Å². The van der Waals surface area contributed by atoms with E-state index in [1.165, 1.54) is 10.4 Å². The van der Waals surface area contributed by atoms with Crippen LogP contribution in [0.5, 0.6) is 0 Å². The van der Waals surface area contributed by atoms with Gasteiger partial charge in [-0.2, -0.15) is 9.57 Å². The quantitative estimate of drug-likeness (QED) is 0.920. The lowest BCUT2D eigenvalue weighted by molar-refractivity contribution is 0.139. The third-order valence-corrected chi connectivity index (χ3v) is 6.14. The summed E-state index contributed by atoms with van der Waals surface area (Å²) >= 11 is 0. The molecule has 2 atom stereocenters. The summed E-state index contributed by atoms with van der Waals surface area (Å²) in [6.07, 6.45) is 1.54. The van der Waals surface area contributed by atoms with Crippen molar-refractivity contribution in [3.05, 3.63) is 29.3 Å². The molecule has 1 aromatic rings. The molecule has 6 heteroatoms. The molecule has 2 unspecified atom stereocenters. The molecule has 1 aliphatic heterocycles. The number of aliphatic hydroxyl groups excluding tert-OH is 1. The first kappa shape index (κ1) is 16.0. The lowest BCUT2D eigenvalue weighted by atomic mass is 9.96. The standard InChI is InChI=1S/C15H20N2O3S/c1-11-4-3-5-15(14(11)8-16)21(19,20)17-9-13(10-18)7-6-12(17)2/h3-5,12-13,18H,6-7,9-10H2,1-2H3. The number of benzene rings is 1. The van der Waals surface area contributed by atoms with Crippen molar-refractivity contribution in [3.63, 3.8) is 0 Å². The van der Waals surface area contributed by atoms with E-state index < -0.39 is 10.0 Å². The Morgan fingerprint density at radius 2 is 2.14 bits per heavy atom. The molecule has 0 spiro atoms. The number of rotatable bonds is 3. The Hall–Kier alpha value is -1.42. The zero-order chi connectivity index (χ0) is 15.6. The largest absolute Gasteiger partial charge is 0.396 e. The topological polar surface area (TPSA) is 81.4 Å². The van der Waals surface area contributed by atoms with Gasteiger partial charge in [-0.15, -0.1) is 0 Å². The van der Waals surface area contributed by atoms with Gasteiger partial charge in [0, 0.05) is 19.2 Å². The molecule has 0 amide bonds. The van der Waals surface area contributed by atoms with Crippen molar-refractivity contribution in [1.29, 1.82) is 5.26 Å². The molecule has 1 fully saturated rings. The normalized spacial score (nSPS) is 23.7. The number of aliphatic hydroxyl groups is 1. The summed E-state index contributed by atoms with van der Waals surface area (Å²) in [7, 11) is -3.72. The maximum atomic E-state index is 12.9. The summed E-state index contributed by atoms with van der Waals surface area (Å²) in [6, 6.07) is 6.74. The highest BCUT2D eigenvalue weighted by molar-refractivity contribution is 7.89. The molecule has 114 valence electrons. The molecule has 0 saturated carbocycles. The molecule has 2 rings (SSSR count). The van der Waals surface area contributed by atoms with Crippen LogP contribution in [0.3, 0.4) is 0 Å². The van der Waals surface area contributed by atoms with Crippen LogP contribution >= 0.6 is 0 Å². The zero-order valence-corrected chi connectivity index (χ0v) is 13.1. The maximum Gasteiger partial charge on any atom is 0.244 e. The first-order valence-corrected chi connectivity index (χ1v) is 8.48. The molecule has 1 heterocycles. The second kappa shape index (κ2) is 6.14. The van der Waals surface area contributed by atoms with E-state index in [4.69, 9.17) is 0 Å². The van der Waals surface area contributed by atoms with Crippen molar-refractivity contribution in [3.8, 4) is 6.07 Å². The Bertz CT molecular complexity index is 664. The van der Waals surface area contributed by atoms with Gasteiger partial charge in [0.15, 0.2) is 0 Å². The van der Waals surface area contributed by atoms with Crippen molar-refractivity contribution in [1.82, 2.24) is 4.31 Å². The predicted octanol–water partition coefficient (Wildman–Crippen LogP) is 1.65. The van der Waals surface area contributed by atoms with Crippen LogP contribution in [0.4, 0.5) is 0 Å². The van der Waals surface area contributed by atoms with E-state index >= 15 is 0 Å². The average Bonchev–Trinajstić information content (AvgIpc) is 2.47. The molecule has 1 aliphatic rings. The van der Waals surface area contributed by atoms with Crippen LogP contribution < -0.4 is 0 Å². The molecule has 1 saturated heterocycles. The van der Waals surface area contributed by atoms with Gasteiger partial charge in [-0.25, -0.2) is 8.42 Å². The molecule has 21 heavy (non-hydrogen) atoms. The van der Waals surface area contributed by atoms with Crippen LogP contribution in [0.2, 0.25) is 0 Å². The number of hydrogen-bond acceptors (Lipinski definition) is 4. The maximum absolute atomic E-state index is 12.9. The Labute approximate surface area is 125 Å². The molecule has 1 aromatic carbocycles. The predicted molar refractivity (Wildman–Crippen MR) is 79.1 cm³/mol. The van der Waals surface area contributed by atoms with Crippen LogP contribution in [0.1, 0.15) is 30.9 Å². The van der Waals surface area contributed by atoms with Crippen LogP contribution in [-0.2, 0) is 10.0 Å². The summed E-state index contributed by atoms with van der Waals surface area (Å²) < 4.78 is 27.2. The number of hydrogen-bond donors (Lipinski definition) is 1. The lowest BCUT2D eigenvalue weighted by Crippen LogP contribution is -2.46. The Morgan fingerprint density at radius 1 is 1.43 bits per heavy atom. The van der Waals surface area contributed by atoms with Gasteiger partial charge in [0.1, 0.15) is 11.0 Å². The monoisotopic (exact) mass is 308 g/mol. The SMILES string of the molecule is Cc1cccc(S(=O)(=O)N2CC(CO)CCC2C)c1C#N. The molecule has 0 aliphatic carbocycles. The zero-order valence-electron chi connectivity index (χ0n) is 12.3. The van der Waals surface area contributed by atoms with Gasteiger partial charge in [-0.05, 0) is 44.2 Å². The van der Waals surface area contributed by atoms with Crippen LogP contribution in [0, 0.1) is 24.2 Å². The minimum atomic E-state index is -3.72. The summed E-state index contributed by atoms with van der Waals surface area (Å²) in [6.45, 7) is 3.89. The molecule has 0 radical (unpaired) electrons. The fourth-order valence-electron chi connectivity index (χ4n) is 2.76. The van der Waals surface area contributed by atoms with Crippen molar-refractivity contribution >= 4 is 10.0 Å². The second-order valence-corrected chi connectivity index (χ2v) is 7.47. The number of nitrogens with zero attached hydrogens (tertiary/aromatic N) is 2. The minimum Gasteiger partial charge on any atom is -0.396 e. The van der Waals surface area contributed by atoms with E-state index in [1.807, 2.05) is 13.0 Å². The van der Waals surface area contributed by atoms with Crippen molar-refractivity contribution < 1.29 is 13.5 Å². The first-order valence-electron chi connectivity index (χ1n) is 7.04. The minimum absolute atomic E-state index is 0.0162.